The van der Waals surface area contributed by atoms with Gasteiger partial charge in [-0.25, -0.2) is 4.68 Å². The van der Waals surface area contributed by atoms with E-state index in [0.717, 1.165) is 28.6 Å². The van der Waals surface area contributed by atoms with Crippen LogP contribution in [0.4, 0.5) is 0 Å². The molecule has 1 N–H and O–H groups in total. The predicted molar refractivity (Wildman–Crippen MR) is 141 cm³/mol. The fourth-order valence-corrected chi connectivity index (χ4v) is 4.23. The van der Waals surface area contributed by atoms with Crippen molar-refractivity contribution in [2.45, 2.75) is 39.3 Å². The third kappa shape index (κ3) is 6.36. The maximum Gasteiger partial charge on any atom is 0.247 e. The van der Waals surface area contributed by atoms with E-state index in [4.69, 9.17) is 0 Å². The molecule has 186 valence electrons. The van der Waals surface area contributed by atoms with E-state index in [-0.39, 0.29) is 18.4 Å². The van der Waals surface area contributed by atoms with Gasteiger partial charge in [0.15, 0.2) is 0 Å². The lowest BCUT2D eigenvalue weighted by Gasteiger charge is -2.31. The van der Waals surface area contributed by atoms with Crippen LogP contribution in [0.15, 0.2) is 84.9 Å². The third-order valence-electron chi connectivity index (χ3n) is 6.21. The number of hydrogen-bond acceptors (Lipinski definition) is 4. The van der Waals surface area contributed by atoms with Gasteiger partial charge in [-0.3, -0.25) is 9.59 Å². The number of nitrogens with one attached hydrogen (secondary N) is 1. The van der Waals surface area contributed by atoms with E-state index in [2.05, 4.69) is 29.5 Å². The Morgan fingerprint density at radius 3 is 2.31 bits per heavy atom. The zero-order valence-corrected chi connectivity index (χ0v) is 20.9. The summed E-state index contributed by atoms with van der Waals surface area (Å²) in [5.41, 5.74) is 3.40. The van der Waals surface area contributed by atoms with Crippen molar-refractivity contribution in [3.63, 3.8) is 0 Å². The van der Waals surface area contributed by atoms with E-state index in [1.54, 1.807) is 9.58 Å². The molecule has 36 heavy (non-hydrogen) atoms. The molecule has 1 aromatic heterocycles. The molecular formula is C29H33N5O2. The molecule has 0 aliphatic carbocycles. The van der Waals surface area contributed by atoms with Crippen molar-refractivity contribution in [2.75, 3.05) is 13.1 Å². The van der Waals surface area contributed by atoms with Crippen molar-refractivity contribution >= 4 is 22.8 Å². The van der Waals surface area contributed by atoms with Gasteiger partial charge in [0.1, 0.15) is 18.1 Å². The Labute approximate surface area is 212 Å². The first kappa shape index (κ1) is 25.1. The average Bonchev–Trinajstić information content (AvgIpc) is 3.30. The number of rotatable bonds is 11. The molecule has 0 aliphatic heterocycles. The van der Waals surface area contributed by atoms with Crippen LogP contribution in [0.25, 0.3) is 11.0 Å². The minimum Gasteiger partial charge on any atom is -0.354 e. The maximum absolute atomic E-state index is 13.8. The summed E-state index contributed by atoms with van der Waals surface area (Å²) in [4.78, 5) is 29.1. The highest BCUT2D eigenvalue weighted by molar-refractivity contribution is 5.89. The van der Waals surface area contributed by atoms with Crippen LogP contribution in [-0.2, 0) is 22.6 Å². The zero-order chi connectivity index (χ0) is 25.3. The lowest BCUT2D eigenvalue weighted by Crippen LogP contribution is -2.46. The lowest BCUT2D eigenvalue weighted by molar-refractivity contribution is -0.141. The molecule has 2 amide bonds. The zero-order valence-electron chi connectivity index (χ0n) is 20.9. The first-order chi connectivity index (χ1) is 17.5. The van der Waals surface area contributed by atoms with E-state index in [1.807, 2.05) is 84.9 Å². The molecule has 7 nitrogen and oxygen atoms in total. The van der Waals surface area contributed by atoms with E-state index in [0.29, 0.717) is 25.4 Å². The highest BCUT2D eigenvalue weighted by Gasteiger charge is 2.31. The fourth-order valence-electron chi connectivity index (χ4n) is 4.23. The van der Waals surface area contributed by atoms with E-state index in [9.17, 15) is 9.59 Å². The molecule has 3 aromatic carbocycles. The van der Waals surface area contributed by atoms with E-state index < -0.39 is 6.04 Å². The number of aromatic nitrogens is 3. The molecule has 0 aliphatic rings. The molecular weight excluding hydrogens is 450 g/mol. The Hall–Kier alpha value is -4.00. The van der Waals surface area contributed by atoms with Gasteiger partial charge in [-0.2, -0.15) is 0 Å². The number of hydrogen-bond donors (Lipinski definition) is 1. The molecule has 4 aromatic rings. The van der Waals surface area contributed by atoms with Gasteiger partial charge in [0.05, 0.1) is 5.52 Å². The summed E-state index contributed by atoms with van der Waals surface area (Å²) in [6.07, 6.45) is 1.50. The fraction of sp³-hybridized carbons (Fsp3) is 0.310. The molecule has 0 saturated heterocycles. The second-order valence-corrected chi connectivity index (χ2v) is 9.35. The van der Waals surface area contributed by atoms with E-state index >= 15 is 0 Å². The predicted octanol–water partition coefficient (Wildman–Crippen LogP) is 4.41. The van der Waals surface area contributed by atoms with E-state index in [1.165, 1.54) is 0 Å². The average molecular weight is 484 g/mol. The molecule has 7 heteroatoms. The lowest BCUT2D eigenvalue weighted by atomic mass is 10.0. The molecule has 1 atom stereocenters. The summed E-state index contributed by atoms with van der Waals surface area (Å²) >= 11 is 0. The van der Waals surface area contributed by atoms with Gasteiger partial charge in [-0.15, -0.1) is 5.10 Å². The smallest absolute Gasteiger partial charge is 0.247 e. The van der Waals surface area contributed by atoms with Crippen molar-refractivity contribution in [3.05, 3.63) is 96.1 Å². The largest absolute Gasteiger partial charge is 0.354 e. The number of nitrogens with zero attached hydrogens (tertiary/aromatic N) is 4. The van der Waals surface area contributed by atoms with Crippen molar-refractivity contribution in [1.82, 2.24) is 25.2 Å². The quantitative estimate of drug-likeness (QED) is 0.343. The number of fused-ring (bicyclic) bond motifs is 1. The Balaban J connectivity index is 1.64. The highest BCUT2D eigenvalue weighted by atomic mass is 16.2. The van der Waals surface area contributed by atoms with Crippen LogP contribution in [0.3, 0.4) is 0 Å². The Kier molecular flexibility index (Phi) is 8.44. The standard InChI is InChI=1S/C29H33N5O2/c1-22(2)17-19-30-29(36)28(24-13-7-4-8-14-24)33(20-18-23-11-5-3-6-12-23)27(35)21-34-26-16-10-9-15-25(26)31-32-34/h3-16,22,28H,17-21H2,1-2H3,(H,30,36)/t28-/m0/s1. The van der Waals surface area contributed by atoms with Crippen LogP contribution in [0.1, 0.15) is 37.4 Å². The van der Waals surface area contributed by atoms with Crippen molar-refractivity contribution in [1.29, 1.82) is 0 Å². The monoisotopic (exact) mass is 483 g/mol. The number of carbonyl (C=O) groups is 2. The number of amides is 2. The topological polar surface area (TPSA) is 80.1 Å². The molecule has 0 unspecified atom stereocenters. The van der Waals surface area contributed by atoms with Crippen molar-refractivity contribution in [2.24, 2.45) is 5.92 Å². The molecule has 0 bridgehead atoms. The SMILES string of the molecule is CC(C)CCNC(=O)[C@H](c1ccccc1)N(CCc1ccccc1)C(=O)Cn1nnc2ccccc21. The maximum atomic E-state index is 13.8. The van der Waals surface area contributed by atoms with Gasteiger partial charge in [0, 0.05) is 13.1 Å². The van der Waals surface area contributed by atoms with Crippen molar-refractivity contribution in [3.8, 4) is 0 Å². The summed E-state index contributed by atoms with van der Waals surface area (Å²) in [5, 5.41) is 11.5. The molecule has 0 spiro atoms. The summed E-state index contributed by atoms with van der Waals surface area (Å²) in [6, 6.07) is 26.3. The first-order valence-electron chi connectivity index (χ1n) is 12.5. The van der Waals surface area contributed by atoms with Crippen LogP contribution in [0.5, 0.6) is 0 Å². The third-order valence-corrected chi connectivity index (χ3v) is 6.21. The van der Waals surface area contributed by atoms with Crippen LogP contribution < -0.4 is 5.32 Å². The minimum atomic E-state index is -0.746. The number of carbonyl (C=O) groups excluding carboxylic acids is 2. The van der Waals surface area contributed by atoms with Gasteiger partial charge in [-0.05, 0) is 42.0 Å². The molecule has 0 fully saturated rings. The Bertz CT molecular complexity index is 1270. The first-order valence-corrected chi connectivity index (χ1v) is 12.5. The molecule has 0 saturated carbocycles. The second-order valence-electron chi connectivity index (χ2n) is 9.35. The van der Waals surface area contributed by atoms with Crippen LogP contribution in [0, 0.1) is 5.92 Å². The van der Waals surface area contributed by atoms with Crippen LogP contribution in [0.2, 0.25) is 0 Å². The van der Waals surface area contributed by atoms with Gasteiger partial charge < -0.3 is 10.2 Å². The van der Waals surface area contributed by atoms with Gasteiger partial charge in [-0.1, -0.05) is 91.9 Å². The van der Waals surface area contributed by atoms with Gasteiger partial charge in [0.2, 0.25) is 11.8 Å². The summed E-state index contributed by atoms with van der Waals surface area (Å²) < 4.78 is 1.60. The van der Waals surface area contributed by atoms with Crippen molar-refractivity contribution < 1.29 is 9.59 Å². The summed E-state index contributed by atoms with van der Waals surface area (Å²) in [5.74, 6) is 0.109. The normalized spacial score (nSPS) is 12.0. The molecule has 1 heterocycles. The highest BCUT2D eigenvalue weighted by Crippen LogP contribution is 2.23. The van der Waals surface area contributed by atoms with Gasteiger partial charge >= 0.3 is 0 Å². The summed E-state index contributed by atoms with van der Waals surface area (Å²) in [7, 11) is 0. The van der Waals surface area contributed by atoms with Gasteiger partial charge in [0.25, 0.3) is 0 Å². The Morgan fingerprint density at radius 2 is 1.58 bits per heavy atom. The summed E-state index contributed by atoms with van der Waals surface area (Å²) in [6.45, 7) is 5.21. The Morgan fingerprint density at radius 1 is 0.917 bits per heavy atom. The second kappa shape index (κ2) is 12.1. The number of para-hydroxylation sites is 1. The van der Waals surface area contributed by atoms with Crippen LogP contribution >= 0.6 is 0 Å². The molecule has 0 radical (unpaired) electrons. The van der Waals surface area contributed by atoms with Crippen LogP contribution in [-0.4, -0.2) is 44.8 Å². The minimum absolute atomic E-state index is 0.00207. The molecule has 4 rings (SSSR count). The number of benzene rings is 3.